The number of fused-ring (bicyclic) bond motifs is 1. The molecular formula is C24H27BrN2O5S2. The van der Waals surface area contributed by atoms with E-state index in [1.54, 1.807) is 0 Å². The lowest BCUT2D eigenvalue weighted by atomic mass is 10.1. The Labute approximate surface area is 213 Å². The van der Waals surface area contributed by atoms with Gasteiger partial charge in [0.05, 0.1) is 42.9 Å². The molecule has 4 rings (SSSR count). The van der Waals surface area contributed by atoms with Crippen LogP contribution in [0.5, 0.6) is 11.5 Å². The van der Waals surface area contributed by atoms with Crippen molar-refractivity contribution in [1.82, 2.24) is 0 Å². The van der Waals surface area contributed by atoms with Crippen LogP contribution in [0.15, 0.2) is 45.9 Å². The molecule has 0 aliphatic carbocycles. The fourth-order valence-electron chi connectivity index (χ4n) is 4.12. The number of thioether (sulfide) groups is 1. The van der Waals surface area contributed by atoms with Gasteiger partial charge in [0.25, 0.3) is 5.91 Å². The standard InChI is InChI=1S/C24H27BrN2O5S2/c1-4-31-20-11-17(25)18(12-21(20)32-5-2)27-19-13-34(29,30)14-22(19)33-24(27)26-23(28)10-16-8-6-15(3)7-9-16/h6-9,11-12,19,22H,4-5,10,13-14H2,1-3H3/t19-,22+/m0/s1. The molecule has 0 N–H and O–H groups in total. The number of hydrogen-bond donors (Lipinski definition) is 0. The van der Waals surface area contributed by atoms with E-state index in [1.807, 2.05) is 62.1 Å². The number of anilines is 1. The maximum absolute atomic E-state index is 12.9. The second kappa shape index (κ2) is 10.3. The van der Waals surface area contributed by atoms with Crippen molar-refractivity contribution in [2.75, 3.05) is 29.6 Å². The number of nitrogens with zero attached hydrogens (tertiary/aromatic N) is 2. The summed E-state index contributed by atoms with van der Waals surface area (Å²) in [6, 6.07) is 11.1. The molecule has 2 aliphatic rings. The third-order valence-corrected chi connectivity index (χ3v) is 9.48. The average molecular weight is 568 g/mol. The lowest BCUT2D eigenvalue weighted by molar-refractivity contribution is -0.117. The number of amides is 1. The van der Waals surface area contributed by atoms with Crippen LogP contribution in [0.3, 0.4) is 0 Å². The second-order valence-electron chi connectivity index (χ2n) is 8.24. The molecular weight excluding hydrogens is 540 g/mol. The van der Waals surface area contributed by atoms with E-state index in [4.69, 9.17) is 9.47 Å². The number of aliphatic imine (C=N–C) groups is 1. The van der Waals surface area contributed by atoms with Crippen molar-refractivity contribution in [1.29, 1.82) is 0 Å². The minimum atomic E-state index is -3.17. The van der Waals surface area contributed by atoms with E-state index in [9.17, 15) is 13.2 Å². The van der Waals surface area contributed by atoms with Crippen molar-refractivity contribution < 1.29 is 22.7 Å². The molecule has 2 fully saturated rings. The first-order valence-electron chi connectivity index (χ1n) is 11.1. The van der Waals surface area contributed by atoms with Crippen LogP contribution in [0.25, 0.3) is 0 Å². The van der Waals surface area contributed by atoms with Gasteiger partial charge in [-0.15, -0.1) is 0 Å². The number of sulfone groups is 1. The molecule has 7 nitrogen and oxygen atoms in total. The molecule has 0 saturated carbocycles. The number of carbonyl (C=O) groups is 1. The number of carbonyl (C=O) groups excluding carboxylic acids is 1. The third-order valence-electron chi connectivity index (χ3n) is 5.64. The summed E-state index contributed by atoms with van der Waals surface area (Å²) < 4.78 is 37.0. The molecule has 0 bridgehead atoms. The van der Waals surface area contributed by atoms with Crippen molar-refractivity contribution in [2.24, 2.45) is 4.99 Å². The number of ether oxygens (including phenoxy) is 2. The highest BCUT2D eigenvalue weighted by Gasteiger charge is 2.50. The molecule has 182 valence electrons. The van der Waals surface area contributed by atoms with Gasteiger partial charge in [0, 0.05) is 21.9 Å². The fourth-order valence-corrected chi connectivity index (χ4v) is 8.56. The summed E-state index contributed by atoms with van der Waals surface area (Å²) in [6.45, 7) is 6.71. The normalized spacial score (nSPS) is 22.1. The molecule has 2 aliphatic heterocycles. The van der Waals surface area contributed by atoms with Crippen LogP contribution >= 0.6 is 27.7 Å². The number of halogens is 1. The minimum absolute atomic E-state index is 0.0134. The van der Waals surface area contributed by atoms with Gasteiger partial charge >= 0.3 is 0 Å². The largest absolute Gasteiger partial charge is 0.490 e. The summed E-state index contributed by atoms with van der Waals surface area (Å²) in [5.74, 6) is 0.959. The molecule has 2 aromatic rings. The Morgan fingerprint density at radius 3 is 2.41 bits per heavy atom. The van der Waals surface area contributed by atoms with Crippen molar-refractivity contribution in [2.45, 2.75) is 38.5 Å². The van der Waals surface area contributed by atoms with Crippen LogP contribution < -0.4 is 14.4 Å². The van der Waals surface area contributed by atoms with E-state index in [0.717, 1.165) is 11.1 Å². The predicted octanol–water partition coefficient (Wildman–Crippen LogP) is 4.40. The second-order valence-corrected chi connectivity index (χ2v) is 12.5. The molecule has 0 unspecified atom stereocenters. The van der Waals surface area contributed by atoms with E-state index in [-0.39, 0.29) is 35.1 Å². The maximum atomic E-state index is 12.9. The van der Waals surface area contributed by atoms with Crippen molar-refractivity contribution in [3.63, 3.8) is 0 Å². The molecule has 0 aromatic heterocycles. The Morgan fingerprint density at radius 2 is 1.76 bits per heavy atom. The van der Waals surface area contributed by atoms with E-state index in [0.29, 0.717) is 40.0 Å². The smallest absolute Gasteiger partial charge is 0.252 e. The van der Waals surface area contributed by atoms with Crippen molar-refractivity contribution in [3.8, 4) is 11.5 Å². The van der Waals surface area contributed by atoms with Crippen molar-refractivity contribution >= 4 is 54.3 Å². The van der Waals surface area contributed by atoms with Gasteiger partial charge in [0.2, 0.25) is 0 Å². The van der Waals surface area contributed by atoms with Crippen LogP contribution in [0.1, 0.15) is 25.0 Å². The molecule has 0 spiro atoms. The van der Waals surface area contributed by atoms with Gasteiger partial charge in [-0.3, -0.25) is 4.79 Å². The highest BCUT2D eigenvalue weighted by atomic mass is 79.9. The van der Waals surface area contributed by atoms with Gasteiger partial charge in [-0.1, -0.05) is 41.6 Å². The van der Waals surface area contributed by atoms with Crippen LogP contribution in [0, 0.1) is 6.92 Å². The quantitative estimate of drug-likeness (QED) is 0.491. The predicted molar refractivity (Wildman–Crippen MR) is 140 cm³/mol. The minimum Gasteiger partial charge on any atom is -0.490 e. The molecule has 2 saturated heterocycles. The summed E-state index contributed by atoms with van der Waals surface area (Å²) in [5.41, 5.74) is 2.71. The Hall–Kier alpha value is -2.04. The Kier molecular flexibility index (Phi) is 7.59. The number of amidine groups is 1. The summed E-state index contributed by atoms with van der Waals surface area (Å²) in [5, 5.41) is 0.319. The fraction of sp³-hybridized carbons (Fsp3) is 0.417. The number of rotatable bonds is 7. The first-order chi connectivity index (χ1) is 16.2. The Morgan fingerprint density at radius 1 is 1.12 bits per heavy atom. The zero-order valence-corrected chi connectivity index (χ0v) is 22.5. The molecule has 10 heteroatoms. The lowest BCUT2D eigenvalue weighted by Gasteiger charge is -2.27. The van der Waals surface area contributed by atoms with Gasteiger partial charge < -0.3 is 14.4 Å². The number of benzene rings is 2. The van der Waals surface area contributed by atoms with Gasteiger partial charge in [0.1, 0.15) is 0 Å². The number of aryl methyl sites for hydroxylation is 1. The van der Waals surface area contributed by atoms with Crippen LogP contribution in [-0.4, -0.2) is 55.5 Å². The van der Waals surface area contributed by atoms with Gasteiger partial charge in [0.15, 0.2) is 26.5 Å². The third kappa shape index (κ3) is 5.44. The summed E-state index contributed by atoms with van der Waals surface area (Å²) >= 11 is 4.97. The first kappa shape index (κ1) is 25.1. The van der Waals surface area contributed by atoms with Gasteiger partial charge in [-0.05, 0) is 42.3 Å². The van der Waals surface area contributed by atoms with E-state index < -0.39 is 9.84 Å². The SMILES string of the molecule is CCOc1cc(Br)c(N2C(=NC(=O)Cc3ccc(C)cc3)S[C@@H]3CS(=O)(=O)C[C@@H]32)cc1OCC. The van der Waals surface area contributed by atoms with Crippen molar-refractivity contribution in [3.05, 3.63) is 52.0 Å². The summed E-state index contributed by atoms with van der Waals surface area (Å²) in [6.07, 6.45) is 0.181. The van der Waals surface area contributed by atoms with E-state index in [1.165, 1.54) is 11.8 Å². The summed E-state index contributed by atoms with van der Waals surface area (Å²) in [4.78, 5) is 19.2. The average Bonchev–Trinajstić information content (AvgIpc) is 3.22. The zero-order chi connectivity index (χ0) is 24.5. The Balaban J connectivity index is 1.71. The Bertz CT molecular complexity index is 1210. The number of hydrogen-bond acceptors (Lipinski definition) is 6. The molecule has 2 heterocycles. The molecule has 2 atom stereocenters. The molecule has 34 heavy (non-hydrogen) atoms. The van der Waals surface area contributed by atoms with Gasteiger partial charge in [-0.2, -0.15) is 4.99 Å². The van der Waals surface area contributed by atoms with E-state index >= 15 is 0 Å². The lowest BCUT2D eigenvalue weighted by Crippen LogP contribution is -2.38. The first-order valence-corrected chi connectivity index (χ1v) is 14.6. The highest BCUT2D eigenvalue weighted by Crippen LogP contribution is 2.46. The monoisotopic (exact) mass is 566 g/mol. The molecule has 1 amide bonds. The molecule has 2 aromatic carbocycles. The van der Waals surface area contributed by atoms with E-state index in [2.05, 4.69) is 20.9 Å². The summed E-state index contributed by atoms with van der Waals surface area (Å²) in [7, 11) is -3.17. The van der Waals surface area contributed by atoms with Crippen LogP contribution in [0.2, 0.25) is 0 Å². The topological polar surface area (TPSA) is 85.3 Å². The van der Waals surface area contributed by atoms with Crippen LogP contribution in [0.4, 0.5) is 5.69 Å². The maximum Gasteiger partial charge on any atom is 0.252 e. The highest BCUT2D eigenvalue weighted by molar-refractivity contribution is 9.10. The zero-order valence-electron chi connectivity index (χ0n) is 19.3. The van der Waals surface area contributed by atoms with Gasteiger partial charge in [-0.25, -0.2) is 8.42 Å². The van der Waals surface area contributed by atoms with Crippen LogP contribution in [-0.2, 0) is 21.1 Å². The molecule has 0 radical (unpaired) electrons.